The minimum Gasteiger partial charge on any atom is -0.378 e. The minimum absolute atomic E-state index is 0.122. The first-order valence-corrected chi connectivity index (χ1v) is 11.7. The van der Waals surface area contributed by atoms with E-state index in [1.165, 1.54) is 12.1 Å². The maximum absolute atomic E-state index is 13.8. The summed E-state index contributed by atoms with van der Waals surface area (Å²) in [5.41, 5.74) is 1.09. The summed E-state index contributed by atoms with van der Waals surface area (Å²) in [5.74, 6) is -0.357. The highest BCUT2D eigenvalue weighted by Crippen LogP contribution is 2.45. The summed E-state index contributed by atoms with van der Waals surface area (Å²) in [6.07, 6.45) is 6.56. The lowest BCUT2D eigenvalue weighted by Crippen LogP contribution is -2.63. The van der Waals surface area contributed by atoms with Crippen LogP contribution in [0.5, 0.6) is 0 Å². The van der Waals surface area contributed by atoms with E-state index in [0.717, 1.165) is 5.56 Å². The Morgan fingerprint density at radius 1 is 0.917 bits per heavy atom. The van der Waals surface area contributed by atoms with Crippen LogP contribution in [0.25, 0.3) is 0 Å². The Morgan fingerprint density at radius 2 is 1.53 bits per heavy atom. The van der Waals surface area contributed by atoms with Crippen molar-refractivity contribution in [1.82, 2.24) is 20.2 Å². The Hall–Kier alpha value is -4.14. The summed E-state index contributed by atoms with van der Waals surface area (Å²) in [7, 11) is 0. The number of nitrogens with one attached hydrogen (secondary N) is 2. The monoisotopic (exact) mass is 483 g/mol. The van der Waals surface area contributed by atoms with E-state index in [9.17, 15) is 14.3 Å². The number of rotatable bonds is 7. The summed E-state index contributed by atoms with van der Waals surface area (Å²) in [6, 6.07) is 21.5. The highest BCUT2D eigenvalue weighted by Gasteiger charge is 2.48. The van der Waals surface area contributed by atoms with Gasteiger partial charge in [0, 0.05) is 54.7 Å². The van der Waals surface area contributed by atoms with Crippen molar-refractivity contribution in [1.29, 1.82) is 0 Å². The Balaban J connectivity index is 1.44. The molecule has 0 saturated carbocycles. The van der Waals surface area contributed by atoms with Crippen LogP contribution in [-0.2, 0) is 5.60 Å². The first kappa shape index (κ1) is 23.6. The molecule has 5 rings (SSSR count). The van der Waals surface area contributed by atoms with Gasteiger partial charge >= 0.3 is 6.03 Å². The van der Waals surface area contributed by atoms with Gasteiger partial charge in [-0.05, 0) is 42.0 Å². The molecule has 2 aromatic carbocycles. The van der Waals surface area contributed by atoms with Gasteiger partial charge in [-0.1, -0.05) is 42.5 Å². The van der Waals surface area contributed by atoms with Gasteiger partial charge in [0.05, 0.1) is 12.1 Å². The van der Waals surface area contributed by atoms with Crippen molar-refractivity contribution in [2.45, 2.75) is 17.7 Å². The van der Waals surface area contributed by atoms with Crippen molar-refractivity contribution in [3.05, 3.63) is 126 Å². The van der Waals surface area contributed by atoms with Gasteiger partial charge in [-0.25, -0.2) is 9.18 Å². The molecule has 1 atom stereocenters. The second-order valence-electron chi connectivity index (χ2n) is 8.82. The predicted octanol–water partition coefficient (Wildman–Crippen LogP) is 4.10. The zero-order valence-corrected chi connectivity index (χ0v) is 19.5. The van der Waals surface area contributed by atoms with E-state index in [-0.39, 0.29) is 17.9 Å². The maximum atomic E-state index is 13.8. The van der Waals surface area contributed by atoms with E-state index in [4.69, 9.17) is 0 Å². The number of carbonyl (C=O) groups is 1. The third-order valence-electron chi connectivity index (χ3n) is 6.43. The van der Waals surface area contributed by atoms with Crippen LogP contribution in [0.15, 0.2) is 104 Å². The number of aliphatic hydroxyl groups is 1. The van der Waals surface area contributed by atoms with Gasteiger partial charge in [-0.3, -0.25) is 14.9 Å². The van der Waals surface area contributed by atoms with Gasteiger partial charge in [0.2, 0.25) is 0 Å². The normalized spacial score (nSPS) is 15.1. The average molecular weight is 484 g/mol. The zero-order chi connectivity index (χ0) is 25.0. The van der Waals surface area contributed by atoms with Crippen molar-refractivity contribution in [3.63, 3.8) is 0 Å². The number of nitrogens with zero attached hydrogens (tertiary/aromatic N) is 3. The number of aromatic nitrogens is 2. The predicted molar refractivity (Wildman–Crippen MR) is 135 cm³/mol. The molecule has 182 valence electrons. The lowest BCUT2D eigenvalue weighted by atomic mass is 9.76. The molecular formula is C28H26FN5O2. The van der Waals surface area contributed by atoms with E-state index in [2.05, 4.69) is 25.5 Å². The molecule has 0 spiro atoms. The van der Waals surface area contributed by atoms with Crippen LogP contribution in [0.2, 0.25) is 0 Å². The van der Waals surface area contributed by atoms with Crippen LogP contribution in [0, 0.1) is 5.82 Å². The number of benzene rings is 2. The molecule has 1 aliphatic rings. The lowest BCUT2D eigenvalue weighted by Gasteiger charge is -2.50. The van der Waals surface area contributed by atoms with Gasteiger partial charge < -0.3 is 15.7 Å². The van der Waals surface area contributed by atoms with Crippen molar-refractivity contribution >= 4 is 11.7 Å². The van der Waals surface area contributed by atoms with Crippen molar-refractivity contribution in [3.8, 4) is 0 Å². The molecule has 3 N–H and O–H groups in total. The molecule has 1 saturated heterocycles. The van der Waals surface area contributed by atoms with Crippen LogP contribution in [0.4, 0.5) is 14.9 Å². The molecule has 1 unspecified atom stereocenters. The first-order valence-electron chi connectivity index (χ1n) is 11.7. The molecule has 1 aliphatic heterocycles. The van der Waals surface area contributed by atoms with Gasteiger partial charge in [-0.2, -0.15) is 0 Å². The summed E-state index contributed by atoms with van der Waals surface area (Å²) in [4.78, 5) is 23.0. The number of anilines is 1. The molecular weight excluding hydrogens is 457 g/mol. The number of para-hydroxylation sites is 1. The van der Waals surface area contributed by atoms with Crippen LogP contribution in [-0.4, -0.2) is 45.1 Å². The molecule has 0 radical (unpaired) electrons. The number of pyridine rings is 2. The second-order valence-corrected chi connectivity index (χ2v) is 8.82. The highest BCUT2D eigenvalue weighted by atomic mass is 19.1. The van der Waals surface area contributed by atoms with Crippen molar-refractivity contribution in [2.75, 3.05) is 18.4 Å². The van der Waals surface area contributed by atoms with Crippen LogP contribution in [0.1, 0.15) is 22.7 Å². The average Bonchev–Trinajstić information content (AvgIpc) is 2.89. The largest absolute Gasteiger partial charge is 0.378 e. The van der Waals surface area contributed by atoms with E-state index < -0.39 is 11.6 Å². The third kappa shape index (κ3) is 4.82. The molecule has 36 heavy (non-hydrogen) atoms. The smallest absolute Gasteiger partial charge is 0.319 e. The number of carbonyl (C=O) groups excluding carboxylic acids is 1. The Bertz CT molecular complexity index is 1240. The van der Waals surface area contributed by atoms with Crippen LogP contribution >= 0.6 is 0 Å². The van der Waals surface area contributed by atoms with Gasteiger partial charge in [-0.15, -0.1) is 0 Å². The maximum Gasteiger partial charge on any atom is 0.319 e. The Labute approximate surface area is 208 Å². The first-order chi connectivity index (χ1) is 17.5. The number of urea groups is 1. The van der Waals surface area contributed by atoms with Gasteiger partial charge in [0.25, 0.3) is 0 Å². The van der Waals surface area contributed by atoms with Crippen LogP contribution < -0.4 is 10.6 Å². The second kappa shape index (κ2) is 10.2. The lowest BCUT2D eigenvalue weighted by molar-refractivity contribution is -0.0561. The number of amides is 2. The fourth-order valence-corrected chi connectivity index (χ4v) is 4.71. The number of halogens is 1. The number of likely N-dealkylation sites (tertiary alicyclic amines) is 1. The summed E-state index contributed by atoms with van der Waals surface area (Å²) in [6.45, 7) is 0.986. The third-order valence-corrected chi connectivity index (χ3v) is 6.43. The standard InChI is InChI=1S/C28H26FN5O2/c29-23-12-10-20(11-13-23)26(28(36,21-6-4-14-30-16-21)22-7-5-15-31-17-22)34-18-25(19-34)33-27(35)32-24-8-2-1-3-9-24/h1-17,25-26,36H,18-19H2,(H2,32,33,35). The fourth-order valence-electron chi connectivity index (χ4n) is 4.71. The minimum atomic E-state index is -1.53. The van der Waals surface area contributed by atoms with Crippen molar-refractivity contribution in [2.24, 2.45) is 0 Å². The summed E-state index contributed by atoms with van der Waals surface area (Å²) in [5, 5.41) is 18.2. The van der Waals surface area contributed by atoms with E-state index in [1.807, 2.05) is 42.5 Å². The quantitative estimate of drug-likeness (QED) is 0.368. The molecule has 2 aromatic heterocycles. The highest BCUT2D eigenvalue weighted by molar-refractivity contribution is 5.89. The molecule has 7 nitrogen and oxygen atoms in total. The van der Waals surface area contributed by atoms with E-state index in [1.54, 1.807) is 49.1 Å². The number of hydrogen-bond acceptors (Lipinski definition) is 5. The molecule has 0 bridgehead atoms. The van der Waals surface area contributed by atoms with E-state index in [0.29, 0.717) is 29.9 Å². The van der Waals surface area contributed by atoms with Crippen LogP contribution in [0.3, 0.4) is 0 Å². The zero-order valence-electron chi connectivity index (χ0n) is 19.5. The topological polar surface area (TPSA) is 90.4 Å². The van der Waals surface area contributed by atoms with Gasteiger partial charge in [0.15, 0.2) is 0 Å². The molecule has 8 heteroatoms. The van der Waals surface area contributed by atoms with Crippen molar-refractivity contribution < 1.29 is 14.3 Å². The Morgan fingerprint density at radius 3 is 2.08 bits per heavy atom. The molecule has 3 heterocycles. The summed E-state index contributed by atoms with van der Waals surface area (Å²) < 4.78 is 13.8. The SMILES string of the molecule is O=C(Nc1ccccc1)NC1CN(C(c2ccc(F)cc2)C(O)(c2cccnc2)c2cccnc2)C1. The summed E-state index contributed by atoms with van der Waals surface area (Å²) >= 11 is 0. The Kier molecular flexibility index (Phi) is 6.71. The molecule has 2 amide bonds. The molecule has 1 fully saturated rings. The van der Waals surface area contributed by atoms with E-state index >= 15 is 0 Å². The molecule has 0 aliphatic carbocycles. The molecule has 4 aromatic rings. The van der Waals surface area contributed by atoms with Gasteiger partial charge in [0.1, 0.15) is 11.4 Å². The fraction of sp³-hybridized carbons (Fsp3) is 0.179. The number of hydrogen-bond donors (Lipinski definition) is 3.